The Labute approximate surface area is 213 Å². The maximum atomic E-state index is 12.2. The fraction of sp³-hybridized carbons (Fsp3) is 0.240. The van der Waals surface area contributed by atoms with E-state index in [-0.39, 0.29) is 5.97 Å². The van der Waals surface area contributed by atoms with E-state index in [0.717, 1.165) is 30.9 Å². The summed E-state index contributed by atoms with van der Waals surface area (Å²) in [6.45, 7) is 7.42. The lowest BCUT2D eigenvalue weighted by molar-refractivity contribution is -0.896. The zero-order valence-electron chi connectivity index (χ0n) is 18.9. The Morgan fingerprint density at radius 2 is 1.91 bits per heavy atom. The molecule has 0 radical (unpaired) electrons. The van der Waals surface area contributed by atoms with E-state index in [1.54, 1.807) is 42.6 Å². The van der Waals surface area contributed by atoms with Crippen molar-refractivity contribution in [3.05, 3.63) is 74.7 Å². The number of anilines is 1. The van der Waals surface area contributed by atoms with Gasteiger partial charge >= 0.3 is 5.97 Å². The lowest BCUT2D eigenvalue weighted by Gasteiger charge is -2.15. The van der Waals surface area contributed by atoms with Gasteiger partial charge < -0.3 is 15.0 Å². The van der Waals surface area contributed by atoms with Crippen LogP contribution in [0.3, 0.4) is 0 Å². The number of hydrogen-bond acceptors (Lipinski definition) is 6. The Morgan fingerprint density at radius 3 is 2.56 bits per heavy atom. The molecule has 2 N–H and O–H groups in total. The molecule has 2 aromatic carbocycles. The van der Waals surface area contributed by atoms with Gasteiger partial charge in [-0.25, -0.2) is 9.78 Å². The molecule has 0 unspecified atom stereocenters. The smallest absolute Gasteiger partial charge is 0.338 e. The first-order valence-corrected chi connectivity index (χ1v) is 12.5. The molecule has 3 rings (SSSR count). The molecule has 1 heterocycles. The van der Waals surface area contributed by atoms with Gasteiger partial charge in [-0.05, 0) is 50.2 Å². The van der Waals surface area contributed by atoms with E-state index in [9.17, 15) is 10.1 Å². The van der Waals surface area contributed by atoms with E-state index in [0.29, 0.717) is 38.5 Å². The Morgan fingerprint density at radius 1 is 1.18 bits per heavy atom. The molecule has 6 nitrogen and oxygen atoms in total. The van der Waals surface area contributed by atoms with Crippen LogP contribution in [0.4, 0.5) is 5.69 Å². The van der Waals surface area contributed by atoms with Crippen LogP contribution in [0.2, 0.25) is 10.0 Å². The first-order valence-electron chi connectivity index (χ1n) is 10.8. The molecular formula is C25H25Cl2N4O2S+. The van der Waals surface area contributed by atoms with Crippen molar-refractivity contribution in [3.63, 3.8) is 0 Å². The maximum Gasteiger partial charge on any atom is 0.338 e. The average Bonchev–Trinajstić information content (AvgIpc) is 3.34. The number of nitrogens with zero attached hydrogens (tertiary/aromatic N) is 2. The van der Waals surface area contributed by atoms with Crippen molar-refractivity contribution in [2.75, 3.05) is 31.6 Å². The number of quaternary nitrogens is 1. The molecule has 3 aromatic rings. The predicted octanol–water partition coefficient (Wildman–Crippen LogP) is 5.17. The second kappa shape index (κ2) is 12.5. The van der Waals surface area contributed by atoms with E-state index < -0.39 is 0 Å². The van der Waals surface area contributed by atoms with Crippen molar-refractivity contribution in [1.29, 1.82) is 5.26 Å². The molecule has 34 heavy (non-hydrogen) atoms. The molecule has 9 heteroatoms. The molecule has 0 saturated carbocycles. The van der Waals surface area contributed by atoms with Gasteiger partial charge in [0.2, 0.25) is 0 Å². The van der Waals surface area contributed by atoms with Gasteiger partial charge in [0.25, 0.3) is 0 Å². The fourth-order valence-corrected chi connectivity index (χ4v) is 4.25. The van der Waals surface area contributed by atoms with Crippen LogP contribution in [0.15, 0.2) is 54.0 Å². The molecular weight excluding hydrogens is 491 g/mol. The normalized spacial score (nSPS) is 11.4. The number of benzene rings is 2. The Kier molecular flexibility index (Phi) is 9.49. The highest BCUT2D eigenvalue weighted by molar-refractivity contribution is 7.11. The van der Waals surface area contributed by atoms with E-state index in [4.69, 9.17) is 27.9 Å². The third-order valence-corrected chi connectivity index (χ3v) is 6.88. The summed E-state index contributed by atoms with van der Waals surface area (Å²) in [4.78, 5) is 18.2. The number of rotatable bonds is 10. The van der Waals surface area contributed by atoms with Crippen molar-refractivity contribution in [2.24, 2.45) is 0 Å². The van der Waals surface area contributed by atoms with Crippen LogP contribution in [-0.2, 0) is 4.74 Å². The molecule has 0 bridgehead atoms. The molecule has 0 aliphatic rings. The number of halogens is 2. The van der Waals surface area contributed by atoms with Gasteiger partial charge in [-0.3, -0.25) is 0 Å². The van der Waals surface area contributed by atoms with Gasteiger partial charge in [0.05, 0.1) is 34.4 Å². The Hall–Kier alpha value is -2.89. The summed E-state index contributed by atoms with van der Waals surface area (Å²) in [6, 6.07) is 14.4. The van der Waals surface area contributed by atoms with Crippen molar-refractivity contribution in [2.45, 2.75) is 13.8 Å². The molecule has 0 atom stereocenters. The van der Waals surface area contributed by atoms with Crippen molar-refractivity contribution in [1.82, 2.24) is 4.98 Å². The van der Waals surface area contributed by atoms with E-state index >= 15 is 0 Å². The highest BCUT2D eigenvalue weighted by Gasteiger charge is 2.11. The number of allylic oxidation sites excluding steroid dienone is 1. The summed E-state index contributed by atoms with van der Waals surface area (Å²) >= 11 is 13.4. The monoisotopic (exact) mass is 515 g/mol. The van der Waals surface area contributed by atoms with E-state index in [2.05, 4.69) is 30.2 Å². The van der Waals surface area contributed by atoms with Gasteiger partial charge in [0.15, 0.2) is 0 Å². The largest absolute Gasteiger partial charge is 0.456 e. The number of aromatic nitrogens is 1. The molecule has 176 valence electrons. The number of esters is 1. The second-order valence-electron chi connectivity index (χ2n) is 7.40. The summed E-state index contributed by atoms with van der Waals surface area (Å²) in [7, 11) is 0. The summed E-state index contributed by atoms with van der Waals surface area (Å²) < 4.78 is 5.37. The van der Waals surface area contributed by atoms with Gasteiger partial charge in [-0.15, -0.1) is 11.3 Å². The fourth-order valence-electron chi connectivity index (χ4n) is 3.16. The van der Waals surface area contributed by atoms with Crippen LogP contribution in [0.1, 0.15) is 29.2 Å². The zero-order valence-corrected chi connectivity index (χ0v) is 21.2. The summed E-state index contributed by atoms with van der Waals surface area (Å²) in [5.41, 5.74) is 3.14. The van der Waals surface area contributed by atoms with E-state index in [1.807, 2.05) is 11.4 Å². The Balaban J connectivity index is 1.62. The van der Waals surface area contributed by atoms with Crippen LogP contribution in [-0.4, -0.2) is 37.2 Å². The van der Waals surface area contributed by atoms with Crippen molar-refractivity contribution in [3.8, 4) is 17.3 Å². The van der Waals surface area contributed by atoms with Crippen LogP contribution < -0.4 is 10.2 Å². The quantitative estimate of drug-likeness (QED) is 0.287. The molecule has 0 aliphatic carbocycles. The zero-order chi connectivity index (χ0) is 24.5. The molecule has 1 aromatic heterocycles. The molecule has 0 aliphatic heterocycles. The first kappa shape index (κ1) is 25.7. The number of nitrogens with one attached hydrogen (secondary N) is 2. The number of carbonyl (C=O) groups excluding carboxylic acids is 1. The van der Waals surface area contributed by atoms with Gasteiger partial charge in [0.1, 0.15) is 29.8 Å². The van der Waals surface area contributed by atoms with Crippen LogP contribution in [0.5, 0.6) is 0 Å². The maximum absolute atomic E-state index is 12.2. The lowest BCUT2D eigenvalue weighted by atomic mass is 10.2. The number of carbonyl (C=O) groups is 1. The van der Waals surface area contributed by atoms with Crippen LogP contribution in [0.25, 0.3) is 16.8 Å². The van der Waals surface area contributed by atoms with Gasteiger partial charge in [-0.2, -0.15) is 5.26 Å². The molecule has 0 amide bonds. The number of hydrogen-bond donors (Lipinski definition) is 2. The average molecular weight is 516 g/mol. The third-order valence-electron chi connectivity index (χ3n) is 5.26. The summed E-state index contributed by atoms with van der Waals surface area (Å²) in [5, 5.41) is 16.0. The SMILES string of the molecule is CC[NH+](CC)CCOC(=O)c1ccc(N/C=C(/C#N)c2nc(-c3ccc(Cl)c(Cl)c3)cs2)cc1. The van der Waals surface area contributed by atoms with Crippen molar-refractivity contribution < 1.29 is 14.4 Å². The number of thiazole rings is 1. The highest BCUT2D eigenvalue weighted by atomic mass is 35.5. The highest BCUT2D eigenvalue weighted by Crippen LogP contribution is 2.30. The van der Waals surface area contributed by atoms with Crippen molar-refractivity contribution >= 4 is 51.8 Å². The molecule has 0 spiro atoms. The number of ether oxygens (including phenoxy) is 1. The number of likely N-dealkylation sites (N-methyl/N-ethyl adjacent to an activating group) is 1. The molecule has 0 saturated heterocycles. The van der Waals surface area contributed by atoms with E-state index in [1.165, 1.54) is 16.2 Å². The summed E-state index contributed by atoms with van der Waals surface area (Å²) in [5.74, 6) is -0.344. The predicted molar refractivity (Wildman–Crippen MR) is 138 cm³/mol. The second-order valence-corrected chi connectivity index (χ2v) is 9.07. The van der Waals surface area contributed by atoms with Crippen LogP contribution >= 0.6 is 34.5 Å². The topological polar surface area (TPSA) is 79.5 Å². The number of nitriles is 1. The van der Waals surface area contributed by atoms with Gasteiger partial charge in [-0.1, -0.05) is 29.3 Å². The minimum absolute atomic E-state index is 0.344. The Bertz CT molecular complexity index is 1200. The molecule has 0 fully saturated rings. The minimum atomic E-state index is -0.344. The lowest BCUT2D eigenvalue weighted by Crippen LogP contribution is -3.11. The minimum Gasteiger partial charge on any atom is -0.456 e. The van der Waals surface area contributed by atoms with Gasteiger partial charge in [0, 0.05) is 22.8 Å². The van der Waals surface area contributed by atoms with Crippen LogP contribution in [0, 0.1) is 11.3 Å². The third kappa shape index (κ3) is 6.81. The standard InChI is InChI=1S/C25H24Cl2N4O2S/c1-3-31(4-2)11-12-33-25(32)17-5-8-20(9-6-17)29-15-19(14-28)24-30-23(16-34-24)18-7-10-21(26)22(27)13-18/h5-10,13,15-16,29H,3-4,11-12H2,1-2H3/p+1/b19-15-. The summed E-state index contributed by atoms with van der Waals surface area (Å²) in [6.07, 6.45) is 1.59. The first-order chi connectivity index (χ1) is 16.4.